The van der Waals surface area contributed by atoms with E-state index in [9.17, 15) is 10.0 Å². The van der Waals surface area contributed by atoms with E-state index in [0.717, 1.165) is 29.9 Å². The fourth-order valence-corrected chi connectivity index (χ4v) is 3.12. The molecule has 1 N–H and O–H groups in total. The Morgan fingerprint density at radius 1 is 1.41 bits per heavy atom. The first-order valence-electron chi connectivity index (χ1n) is 7.43. The molecule has 0 saturated heterocycles. The van der Waals surface area contributed by atoms with Gasteiger partial charge in [0.05, 0.1) is 11.6 Å². The summed E-state index contributed by atoms with van der Waals surface area (Å²) in [6.07, 6.45) is 4.39. The van der Waals surface area contributed by atoms with Gasteiger partial charge in [0, 0.05) is 24.1 Å². The molecule has 0 fully saturated rings. The molecular weight excluding hydrogens is 280 g/mol. The smallest absolute Gasteiger partial charge is 0.252 e. The maximum absolute atomic E-state index is 12.4. The molecule has 5 heteroatoms. The summed E-state index contributed by atoms with van der Waals surface area (Å²) in [4.78, 5) is 12.4. The molecule has 0 radical (unpaired) electrons. The number of hydrogen-bond acceptors (Lipinski definition) is 3. The third-order valence-electron chi connectivity index (χ3n) is 4.11. The molecule has 0 bridgehead atoms. The summed E-state index contributed by atoms with van der Waals surface area (Å²) in [5.41, 5.74) is 1.63. The maximum atomic E-state index is 12.4. The molecule has 22 heavy (non-hydrogen) atoms. The first kappa shape index (κ1) is 14.6. The van der Waals surface area contributed by atoms with Crippen LogP contribution in [0.15, 0.2) is 35.0 Å². The normalized spacial score (nSPS) is 19.5. The molecule has 116 valence electrons. The van der Waals surface area contributed by atoms with Crippen LogP contribution in [-0.4, -0.2) is 5.91 Å². The molecule has 0 saturated carbocycles. The number of furan rings is 1. The van der Waals surface area contributed by atoms with Gasteiger partial charge in [-0.2, -0.15) is 4.73 Å². The van der Waals surface area contributed by atoms with Crippen molar-refractivity contribution >= 4 is 5.91 Å². The number of hydrogen-bond donors (Lipinski definition) is 1. The molecule has 0 aromatic carbocycles. The second-order valence-corrected chi connectivity index (χ2v) is 6.75. The molecule has 1 amide bonds. The van der Waals surface area contributed by atoms with Crippen molar-refractivity contribution in [1.82, 2.24) is 5.32 Å². The standard InChI is InChI=1S/C17H20N2O3/c1-11-8-13-14(9-17(2,3)10-15(13)22-11)18-16(20)12-4-6-19(21)7-5-12/h4-8,14H,9-10H2,1-3H3,(H,18,20)/t14-/m0/s1. The molecule has 2 heterocycles. The van der Waals surface area contributed by atoms with Crippen LogP contribution in [0.5, 0.6) is 0 Å². The van der Waals surface area contributed by atoms with Crippen LogP contribution in [0.1, 0.15) is 53.8 Å². The van der Waals surface area contributed by atoms with Crippen molar-refractivity contribution in [2.24, 2.45) is 5.41 Å². The number of aromatic nitrogens is 1. The molecule has 5 nitrogen and oxygen atoms in total. The summed E-state index contributed by atoms with van der Waals surface area (Å²) in [6.45, 7) is 6.28. The van der Waals surface area contributed by atoms with E-state index < -0.39 is 0 Å². The highest BCUT2D eigenvalue weighted by molar-refractivity contribution is 5.94. The average molecular weight is 300 g/mol. The van der Waals surface area contributed by atoms with E-state index >= 15 is 0 Å². The Hall–Kier alpha value is -2.30. The zero-order valence-corrected chi connectivity index (χ0v) is 13.1. The van der Waals surface area contributed by atoms with Crippen molar-refractivity contribution < 1.29 is 13.9 Å². The third kappa shape index (κ3) is 2.84. The lowest BCUT2D eigenvalue weighted by molar-refractivity contribution is -0.605. The molecule has 1 atom stereocenters. The zero-order valence-electron chi connectivity index (χ0n) is 13.1. The van der Waals surface area contributed by atoms with Crippen LogP contribution >= 0.6 is 0 Å². The summed E-state index contributed by atoms with van der Waals surface area (Å²) in [7, 11) is 0. The highest BCUT2D eigenvalue weighted by Gasteiger charge is 2.35. The predicted octanol–water partition coefficient (Wildman–Crippen LogP) is 2.66. The van der Waals surface area contributed by atoms with Crippen molar-refractivity contribution in [3.05, 3.63) is 58.4 Å². The fraction of sp³-hybridized carbons (Fsp3) is 0.412. The Balaban J connectivity index is 1.85. The third-order valence-corrected chi connectivity index (χ3v) is 4.11. The summed E-state index contributed by atoms with van der Waals surface area (Å²) in [5, 5.41) is 14.1. The van der Waals surface area contributed by atoms with Crippen molar-refractivity contribution in [2.75, 3.05) is 0 Å². The van der Waals surface area contributed by atoms with Gasteiger partial charge in [-0.25, -0.2) is 0 Å². The Morgan fingerprint density at radius 3 is 2.77 bits per heavy atom. The summed E-state index contributed by atoms with van der Waals surface area (Å²) < 4.78 is 6.44. The van der Waals surface area contributed by atoms with Gasteiger partial charge in [-0.05, 0) is 24.8 Å². The largest absolute Gasteiger partial charge is 0.619 e. The minimum atomic E-state index is -0.173. The molecule has 0 unspecified atom stereocenters. The molecule has 1 aliphatic carbocycles. The van der Waals surface area contributed by atoms with Crippen molar-refractivity contribution in [2.45, 2.75) is 39.7 Å². The number of rotatable bonds is 2. The highest BCUT2D eigenvalue weighted by Crippen LogP contribution is 2.42. The average Bonchev–Trinajstić information content (AvgIpc) is 2.78. The van der Waals surface area contributed by atoms with E-state index in [1.807, 2.05) is 13.0 Å². The second kappa shape index (κ2) is 5.16. The van der Waals surface area contributed by atoms with Crippen LogP contribution in [0.4, 0.5) is 0 Å². The fourth-order valence-electron chi connectivity index (χ4n) is 3.12. The van der Waals surface area contributed by atoms with E-state index in [1.165, 1.54) is 24.5 Å². The predicted molar refractivity (Wildman–Crippen MR) is 81.2 cm³/mol. The maximum Gasteiger partial charge on any atom is 0.252 e. The number of fused-ring (bicyclic) bond motifs is 1. The van der Waals surface area contributed by atoms with Crippen molar-refractivity contribution in [1.29, 1.82) is 0 Å². The summed E-state index contributed by atoms with van der Waals surface area (Å²) >= 11 is 0. The van der Waals surface area contributed by atoms with E-state index in [-0.39, 0.29) is 17.4 Å². The molecule has 3 rings (SSSR count). The molecule has 0 spiro atoms. The van der Waals surface area contributed by atoms with Crippen LogP contribution in [-0.2, 0) is 6.42 Å². The quantitative estimate of drug-likeness (QED) is 0.685. The Morgan fingerprint density at radius 2 is 2.09 bits per heavy atom. The summed E-state index contributed by atoms with van der Waals surface area (Å²) in [5.74, 6) is 1.66. The van der Waals surface area contributed by atoms with Gasteiger partial charge >= 0.3 is 0 Å². The Labute approximate surface area is 129 Å². The first-order chi connectivity index (χ1) is 10.3. The summed E-state index contributed by atoms with van der Waals surface area (Å²) in [6, 6.07) is 4.99. The minimum Gasteiger partial charge on any atom is -0.619 e. The Kier molecular flexibility index (Phi) is 3.43. The van der Waals surface area contributed by atoms with Crippen LogP contribution in [0, 0.1) is 17.5 Å². The monoisotopic (exact) mass is 300 g/mol. The molecule has 2 aromatic rings. The van der Waals surface area contributed by atoms with Gasteiger partial charge in [-0.15, -0.1) is 0 Å². The lowest BCUT2D eigenvalue weighted by Gasteiger charge is -2.34. The van der Waals surface area contributed by atoms with Crippen molar-refractivity contribution in [3.8, 4) is 0 Å². The second-order valence-electron chi connectivity index (χ2n) is 6.75. The van der Waals surface area contributed by atoms with Crippen LogP contribution < -0.4 is 10.0 Å². The lowest BCUT2D eigenvalue weighted by Crippen LogP contribution is -2.36. The Bertz CT molecular complexity index is 701. The van der Waals surface area contributed by atoms with Gasteiger partial charge in [-0.3, -0.25) is 4.79 Å². The van der Waals surface area contributed by atoms with E-state index in [1.54, 1.807) is 0 Å². The number of carbonyl (C=O) groups is 1. The van der Waals surface area contributed by atoms with Gasteiger partial charge < -0.3 is 14.9 Å². The van der Waals surface area contributed by atoms with Crippen molar-refractivity contribution in [3.63, 3.8) is 0 Å². The van der Waals surface area contributed by atoms with Gasteiger partial charge in [0.1, 0.15) is 11.5 Å². The van der Waals surface area contributed by atoms with E-state index in [4.69, 9.17) is 4.42 Å². The van der Waals surface area contributed by atoms with Crippen LogP contribution in [0.2, 0.25) is 0 Å². The molecular formula is C17H20N2O3. The highest BCUT2D eigenvalue weighted by atomic mass is 16.5. The first-order valence-corrected chi connectivity index (χ1v) is 7.43. The van der Waals surface area contributed by atoms with Gasteiger partial charge in [0.15, 0.2) is 12.4 Å². The number of aryl methyl sites for hydroxylation is 1. The lowest BCUT2D eigenvalue weighted by atomic mass is 9.74. The zero-order chi connectivity index (χ0) is 15.9. The topological polar surface area (TPSA) is 69.2 Å². The number of carbonyl (C=O) groups excluding carboxylic acids is 1. The number of amides is 1. The van der Waals surface area contributed by atoms with Crippen LogP contribution in [0.25, 0.3) is 0 Å². The number of nitrogens with one attached hydrogen (secondary N) is 1. The minimum absolute atomic E-state index is 0.0664. The van der Waals surface area contributed by atoms with Gasteiger partial charge in [-0.1, -0.05) is 13.8 Å². The van der Waals surface area contributed by atoms with Crippen LogP contribution in [0.3, 0.4) is 0 Å². The SMILES string of the molecule is Cc1cc2c(o1)CC(C)(C)C[C@@H]2NC(=O)c1cc[n+]([O-])cc1. The number of nitrogens with zero attached hydrogens (tertiary/aromatic N) is 1. The van der Waals surface area contributed by atoms with E-state index in [0.29, 0.717) is 10.3 Å². The number of pyridine rings is 1. The van der Waals surface area contributed by atoms with Gasteiger partial charge in [0.2, 0.25) is 0 Å². The van der Waals surface area contributed by atoms with Gasteiger partial charge in [0.25, 0.3) is 5.91 Å². The molecule has 1 aliphatic rings. The van der Waals surface area contributed by atoms with E-state index in [2.05, 4.69) is 19.2 Å². The molecule has 2 aromatic heterocycles. The molecule has 0 aliphatic heterocycles.